The number of hydrogen-bond acceptors (Lipinski definition) is 4. The number of benzene rings is 2. The van der Waals surface area contributed by atoms with Crippen LogP contribution in [-0.4, -0.2) is 17.4 Å². The third-order valence-corrected chi connectivity index (χ3v) is 5.39. The highest BCUT2D eigenvalue weighted by Gasteiger charge is 2.20. The molecule has 1 aromatic heterocycles. The molecule has 1 aliphatic rings. The van der Waals surface area contributed by atoms with E-state index >= 15 is 0 Å². The molecular formula is C24H24FN3O2. The number of amides is 1. The van der Waals surface area contributed by atoms with Gasteiger partial charge in [0.25, 0.3) is 0 Å². The molecule has 0 saturated carbocycles. The van der Waals surface area contributed by atoms with E-state index in [1.165, 1.54) is 29.5 Å². The lowest BCUT2D eigenvalue weighted by Gasteiger charge is -2.27. The zero-order valence-electron chi connectivity index (χ0n) is 16.6. The van der Waals surface area contributed by atoms with E-state index in [1.807, 2.05) is 18.2 Å². The summed E-state index contributed by atoms with van der Waals surface area (Å²) in [6.07, 6.45) is 5.48. The Bertz CT molecular complexity index is 1020. The van der Waals surface area contributed by atoms with Crippen LogP contribution in [0.1, 0.15) is 45.9 Å². The maximum Gasteiger partial charge on any atom is 0.250 e. The van der Waals surface area contributed by atoms with Crippen molar-refractivity contribution < 1.29 is 13.9 Å². The Kier molecular flexibility index (Phi) is 6.05. The van der Waals surface area contributed by atoms with Crippen molar-refractivity contribution in [2.45, 2.75) is 31.7 Å². The van der Waals surface area contributed by atoms with Gasteiger partial charge in [-0.25, -0.2) is 9.37 Å². The van der Waals surface area contributed by atoms with Gasteiger partial charge < -0.3 is 15.8 Å². The summed E-state index contributed by atoms with van der Waals surface area (Å²) in [5.41, 5.74) is 9.28. The topological polar surface area (TPSA) is 77.2 Å². The number of nitrogens with zero attached hydrogens (tertiary/aromatic N) is 1. The van der Waals surface area contributed by atoms with Crippen molar-refractivity contribution in [1.29, 1.82) is 0 Å². The maximum absolute atomic E-state index is 13.0. The molecule has 154 valence electrons. The monoisotopic (exact) mass is 405 g/mol. The number of nitrogens with two attached hydrogens (primary N) is 1. The molecule has 1 amide bonds. The lowest BCUT2D eigenvalue weighted by Crippen LogP contribution is -2.27. The Labute approximate surface area is 175 Å². The van der Waals surface area contributed by atoms with Gasteiger partial charge >= 0.3 is 0 Å². The number of pyridine rings is 1. The molecule has 1 aliphatic carbocycles. The van der Waals surface area contributed by atoms with Gasteiger partial charge in [-0.2, -0.15) is 0 Å². The fourth-order valence-corrected chi connectivity index (χ4v) is 3.82. The van der Waals surface area contributed by atoms with Crippen LogP contribution in [0.3, 0.4) is 0 Å². The minimum atomic E-state index is -0.513. The highest BCUT2D eigenvalue weighted by molar-refractivity contribution is 5.92. The maximum atomic E-state index is 13.0. The molecule has 1 unspecified atom stereocenters. The highest BCUT2D eigenvalue weighted by atomic mass is 19.1. The van der Waals surface area contributed by atoms with E-state index in [0.29, 0.717) is 17.5 Å². The zero-order chi connectivity index (χ0) is 20.9. The van der Waals surface area contributed by atoms with E-state index in [4.69, 9.17) is 10.5 Å². The van der Waals surface area contributed by atoms with Gasteiger partial charge in [0.2, 0.25) is 11.8 Å². The molecule has 0 aliphatic heterocycles. The number of nitrogens with one attached hydrogen (secondary N) is 1. The number of aromatic nitrogens is 1. The van der Waals surface area contributed by atoms with Crippen molar-refractivity contribution >= 4 is 5.91 Å². The average Bonchev–Trinajstić information content (AvgIpc) is 2.75. The van der Waals surface area contributed by atoms with Gasteiger partial charge in [0.1, 0.15) is 11.6 Å². The van der Waals surface area contributed by atoms with Crippen molar-refractivity contribution in [3.05, 3.63) is 88.9 Å². The molecule has 6 heteroatoms. The van der Waals surface area contributed by atoms with Gasteiger partial charge in [-0.1, -0.05) is 18.2 Å². The largest absolute Gasteiger partial charge is 0.439 e. The molecule has 1 atom stereocenters. The molecule has 3 aromatic rings. The molecule has 3 N–H and O–H groups in total. The van der Waals surface area contributed by atoms with Gasteiger partial charge in [0.15, 0.2) is 0 Å². The second kappa shape index (κ2) is 9.05. The third kappa shape index (κ3) is 4.83. The first-order chi connectivity index (χ1) is 14.6. The van der Waals surface area contributed by atoms with Crippen LogP contribution >= 0.6 is 0 Å². The number of carbonyl (C=O) groups is 1. The summed E-state index contributed by atoms with van der Waals surface area (Å²) in [4.78, 5) is 15.3. The molecular weight excluding hydrogens is 381 g/mol. The number of halogens is 1. The minimum absolute atomic E-state index is 0.204. The minimum Gasteiger partial charge on any atom is -0.439 e. The number of fused-ring (bicyclic) bond motifs is 1. The predicted molar refractivity (Wildman–Crippen MR) is 113 cm³/mol. The van der Waals surface area contributed by atoms with Crippen molar-refractivity contribution in [3.8, 4) is 11.6 Å². The van der Waals surface area contributed by atoms with Gasteiger partial charge in [-0.05, 0) is 79.3 Å². The Morgan fingerprint density at radius 1 is 1.17 bits per heavy atom. The summed E-state index contributed by atoms with van der Waals surface area (Å²) in [5, 5.41) is 3.64. The SMILES string of the molecule is NC(=O)c1ccc(Oc2ccc3c(c2)CCCC3NCCc2ccc(F)cc2)nc1. The quantitative estimate of drug-likeness (QED) is 0.614. The van der Waals surface area contributed by atoms with Gasteiger partial charge in [-0.3, -0.25) is 4.79 Å². The lowest BCUT2D eigenvalue weighted by molar-refractivity contribution is 0.1000. The van der Waals surface area contributed by atoms with Crippen LogP contribution < -0.4 is 15.8 Å². The average molecular weight is 405 g/mol. The number of rotatable bonds is 7. The van der Waals surface area contributed by atoms with Crippen LogP contribution in [0.5, 0.6) is 11.6 Å². The van der Waals surface area contributed by atoms with Crippen molar-refractivity contribution in [2.75, 3.05) is 6.54 Å². The predicted octanol–water partition coefficient (Wildman–Crippen LogP) is 4.32. The molecule has 0 bridgehead atoms. The summed E-state index contributed by atoms with van der Waals surface area (Å²) in [7, 11) is 0. The normalized spacial score (nSPS) is 15.4. The fraction of sp³-hybridized carbons (Fsp3) is 0.250. The zero-order valence-corrected chi connectivity index (χ0v) is 16.6. The summed E-state index contributed by atoms with van der Waals surface area (Å²) < 4.78 is 18.9. The fourth-order valence-electron chi connectivity index (χ4n) is 3.82. The Morgan fingerprint density at radius 3 is 2.73 bits per heavy atom. The number of ether oxygens (including phenoxy) is 1. The molecule has 2 aromatic carbocycles. The first-order valence-corrected chi connectivity index (χ1v) is 10.1. The standard InChI is InChI=1S/C24H24FN3O2/c25-19-7-4-16(5-8-19)12-13-27-22-3-1-2-17-14-20(9-10-21(17)22)30-23-11-6-18(15-28-23)24(26)29/h4-11,14-15,22,27H,1-3,12-13H2,(H2,26,29). The molecule has 0 radical (unpaired) electrons. The summed E-state index contributed by atoms with van der Waals surface area (Å²) >= 11 is 0. The van der Waals surface area contributed by atoms with Crippen molar-refractivity contribution in [1.82, 2.24) is 10.3 Å². The van der Waals surface area contributed by atoms with Crippen molar-refractivity contribution in [3.63, 3.8) is 0 Å². The van der Waals surface area contributed by atoms with Gasteiger partial charge in [0, 0.05) is 18.3 Å². The second-order valence-electron chi connectivity index (χ2n) is 7.49. The lowest BCUT2D eigenvalue weighted by atomic mass is 9.87. The second-order valence-corrected chi connectivity index (χ2v) is 7.49. The van der Waals surface area contributed by atoms with E-state index in [2.05, 4.69) is 22.4 Å². The summed E-state index contributed by atoms with van der Waals surface area (Å²) in [6.45, 7) is 0.837. The Hall–Kier alpha value is -3.25. The number of primary amides is 1. The molecule has 4 rings (SSSR count). The van der Waals surface area contributed by atoms with Crippen LogP contribution in [0, 0.1) is 5.82 Å². The van der Waals surface area contributed by atoms with E-state index in [0.717, 1.165) is 43.5 Å². The molecule has 1 heterocycles. The highest BCUT2D eigenvalue weighted by Crippen LogP contribution is 2.33. The van der Waals surface area contributed by atoms with E-state index in [1.54, 1.807) is 12.1 Å². The number of carbonyl (C=O) groups excluding carboxylic acids is 1. The summed E-state index contributed by atoms with van der Waals surface area (Å²) in [6, 6.07) is 16.3. The van der Waals surface area contributed by atoms with Crippen LogP contribution in [0.2, 0.25) is 0 Å². The first-order valence-electron chi connectivity index (χ1n) is 10.1. The Balaban J connectivity index is 1.39. The molecule has 0 fully saturated rings. The van der Waals surface area contributed by atoms with Gasteiger partial charge in [0.05, 0.1) is 5.56 Å². The van der Waals surface area contributed by atoms with Crippen LogP contribution in [0.4, 0.5) is 4.39 Å². The summed E-state index contributed by atoms with van der Waals surface area (Å²) in [5.74, 6) is 0.426. The van der Waals surface area contributed by atoms with E-state index < -0.39 is 5.91 Å². The molecule has 0 spiro atoms. The first kappa shape index (κ1) is 20.0. The smallest absolute Gasteiger partial charge is 0.250 e. The number of aryl methyl sites for hydroxylation is 1. The van der Waals surface area contributed by atoms with E-state index in [9.17, 15) is 9.18 Å². The molecule has 5 nitrogen and oxygen atoms in total. The van der Waals surface area contributed by atoms with E-state index in [-0.39, 0.29) is 5.82 Å². The van der Waals surface area contributed by atoms with Gasteiger partial charge in [-0.15, -0.1) is 0 Å². The number of hydrogen-bond donors (Lipinski definition) is 2. The third-order valence-electron chi connectivity index (χ3n) is 5.39. The Morgan fingerprint density at radius 2 is 2.00 bits per heavy atom. The van der Waals surface area contributed by atoms with Crippen molar-refractivity contribution in [2.24, 2.45) is 5.73 Å². The van der Waals surface area contributed by atoms with Crippen LogP contribution in [0.15, 0.2) is 60.8 Å². The van der Waals surface area contributed by atoms with Crippen LogP contribution in [0.25, 0.3) is 0 Å². The van der Waals surface area contributed by atoms with Crippen LogP contribution in [-0.2, 0) is 12.8 Å². The molecule has 30 heavy (non-hydrogen) atoms. The molecule has 0 saturated heterocycles.